The van der Waals surface area contributed by atoms with E-state index in [4.69, 9.17) is 0 Å². The summed E-state index contributed by atoms with van der Waals surface area (Å²) in [6.45, 7) is 3.74. The van der Waals surface area contributed by atoms with Crippen molar-refractivity contribution in [2.24, 2.45) is 5.41 Å². The fraction of sp³-hybridized carbons (Fsp3) is 0.429. The number of carbonyl (C=O) groups excluding carboxylic acids is 1. The Bertz CT molecular complexity index is 618. The van der Waals surface area contributed by atoms with Crippen molar-refractivity contribution >= 4 is 11.6 Å². The third-order valence-corrected chi connectivity index (χ3v) is 3.93. The highest BCUT2D eigenvalue weighted by atomic mass is 16.2. The molecule has 0 saturated carbocycles. The van der Waals surface area contributed by atoms with Crippen molar-refractivity contribution in [1.82, 2.24) is 25.1 Å². The molecule has 1 aliphatic heterocycles. The zero-order valence-corrected chi connectivity index (χ0v) is 11.9. The van der Waals surface area contributed by atoms with E-state index in [2.05, 4.69) is 25.7 Å². The topological polar surface area (TPSA) is 84.7 Å². The third-order valence-electron chi connectivity index (χ3n) is 3.93. The summed E-state index contributed by atoms with van der Waals surface area (Å²) in [5.74, 6) is 0.597. The zero-order valence-electron chi connectivity index (χ0n) is 11.9. The van der Waals surface area contributed by atoms with E-state index in [1.165, 1.54) is 6.33 Å². The smallest absolute Gasteiger partial charge is 0.230 e. The van der Waals surface area contributed by atoms with E-state index in [-0.39, 0.29) is 11.3 Å². The Labute approximate surface area is 122 Å². The Morgan fingerprint density at radius 1 is 1.43 bits per heavy atom. The van der Waals surface area contributed by atoms with Gasteiger partial charge in [0, 0.05) is 11.6 Å². The number of hydrogen-bond donors (Lipinski definition) is 2. The first kappa shape index (κ1) is 13.7. The van der Waals surface area contributed by atoms with Crippen molar-refractivity contribution in [3.8, 4) is 5.82 Å². The molecule has 7 heteroatoms. The Kier molecular flexibility index (Phi) is 3.66. The molecule has 2 aromatic rings. The van der Waals surface area contributed by atoms with Crippen molar-refractivity contribution in [2.45, 2.75) is 19.8 Å². The van der Waals surface area contributed by atoms with Crippen LogP contribution in [-0.2, 0) is 4.79 Å². The van der Waals surface area contributed by atoms with E-state index in [1.54, 1.807) is 23.3 Å². The minimum absolute atomic E-state index is 0.0263. The highest BCUT2D eigenvalue weighted by molar-refractivity contribution is 5.96. The number of aromatic nitrogens is 4. The number of nitrogens with one attached hydrogen (secondary N) is 2. The van der Waals surface area contributed by atoms with Gasteiger partial charge in [-0.05, 0) is 38.1 Å². The first-order valence-corrected chi connectivity index (χ1v) is 7.01. The van der Waals surface area contributed by atoms with E-state index in [0.29, 0.717) is 11.5 Å². The van der Waals surface area contributed by atoms with E-state index < -0.39 is 0 Å². The number of nitrogens with zero attached hydrogens (tertiary/aromatic N) is 4. The average Bonchev–Trinajstić information content (AvgIpc) is 3.02. The van der Waals surface area contributed by atoms with Gasteiger partial charge in [-0.25, -0.2) is 14.6 Å². The Balaban J connectivity index is 1.83. The molecule has 7 nitrogen and oxygen atoms in total. The number of piperidine rings is 1. The molecule has 1 amide bonds. The van der Waals surface area contributed by atoms with Gasteiger partial charge in [0.1, 0.15) is 12.7 Å². The van der Waals surface area contributed by atoms with Crippen LogP contribution in [0, 0.1) is 5.41 Å². The van der Waals surface area contributed by atoms with Crippen molar-refractivity contribution in [3.05, 3.63) is 31.0 Å². The van der Waals surface area contributed by atoms with Crippen LogP contribution in [0.15, 0.2) is 31.0 Å². The molecule has 0 atom stereocenters. The molecule has 0 bridgehead atoms. The molecule has 1 aliphatic rings. The molecule has 0 aromatic carbocycles. The standard InChI is InChI=1S/C14H18N6O/c1-14(4-7-15-8-5-14)13(21)19-11-3-2-6-17-12(11)20-10-16-9-18-20/h2-3,6,9-10,15H,4-5,7-8H2,1H3,(H,19,21). The lowest BCUT2D eigenvalue weighted by molar-refractivity contribution is -0.126. The van der Waals surface area contributed by atoms with Gasteiger partial charge in [0.2, 0.25) is 5.91 Å². The number of pyridine rings is 1. The molecule has 3 heterocycles. The van der Waals surface area contributed by atoms with Crippen molar-refractivity contribution in [1.29, 1.82) is 0 Å². The number of anilines is 1. The third kappa shape index (κ3) is 2.78. The van der Waals surface area contributed by atoms with Crippen LogP contribution in [0.4, 0.5) is 5.69 Å². The van der Waals surface area contributed by atoms with Crippen LogP contribution in [0.5, 0.6) is 0 Å². The maximum absolute atomic E-state index is 12.6. The molecule has 1 fully saturated rings. The largest absolute Gasteiger partial charge is 0.322 e. The van der Waals surface area contributed by atoms with E-state index in [0.717, 1.165) is 25.9 Å². The summed E-state index contributed by atoms with van der Waals surface area (Å²) in [6.07, 6.45) is 6.33. The second kappa shape index (κ2) is 5.61. The van der Waals surface area contributed by atoms with Gasteiger partial charge >= 0.3 is 0 Å². The van der Waals surface area contributed by atoms with Crippen molar-refractivity contribution < 1.29 is 4.79 Å². The lowest BCUT2D eigenvalue weighted by atomic mass is 9.80. The Morgan fingerprint density at radius 3 is 2.95 bits per heavy atom. The van der Waals surface area contributed by atoms with Crippen LogP contribution in [0.2, 0.25) is 0 Å². The SMILES string of the molecule is CC1(C(=O)Nc2cccnc2-n2cncn2)CCNCC1. The first-order chi connectivity index (χ1) is 10.2. The van der Waals surface area contributed by atoms with Gasteiger partial charge in [0.25, 0.3) is 0 Å². The van der Waals surface area contributed by atoms with Gasteiger partial charge in [-0.1, -0.05) is 6.92 Å². The summed E-state index contributed by atoms with van der Waals surface area (Å²) >= 11 is 0. The Morgan fingerprint density at radius 2 is 2.24 bits per heavy atom. The van der Waals surface area contributed by atoms with Crippen molar-refractivity contribution in [3.63, 3.8) is 0 Å². The fourth-order valence-electron chi connectivity index (χ4n) is 2.47. The number of hydrogen-bond acceptors (Lipinski definition) is 5. The number of amides is 1. The molecule has 2 aromatic heterocycles. The van der Waals surface area contributed by atoms with Crippen LogP contribution in [0.25, 0.3) is 5.82 Å². The van der Waals surface area contributed by atoms with E-state index in [9.17, 15) is 4.79 Å². The highest BCUT2D eigenvalue weighted by Crippen LogP contribution is 2.30. The summed E-state index contributed by atoms with van der Waals surface area (Å²) < 4.78 is 1.54. The number of rotatable bonds is 3. The highest BCUT2D eigenvalue weighted by Gasteiger charge is 2.34. The van der Waals surface area contributed by atoms with Gasteiger partial charge < -0.3 is 10.6 Å². The van der Waals surface area contributed by atoms with Gasteiger partial charge in [-0.2, -0.15) is 5.10 Å². The summed E-state index contributed by atoms with van der Waals surface area (Å²) in [5.41, 5.74) is 0.300. The molecule has 3 rings (SSSR count). The maximum atomic E-state index is 12.6. The normalized spacial score (nSPS) is 17.4. The second-order valence-electron chi connectivity index (χ2n) is 5.48. The predicted molar refractivity (Wildman–Crippen MR) is 78.0 cm³/mol. The summed E-state index contributed by atoms with van der Waals surface area (Å²) in [7, 11) is 0. The molecule has 0 aliphatic carbocycles. The van der Waals surface area contributed by atoms with E-state index >= 15 is 0 Å². The average molecular weight is 286 g/mol. The quantitative estimate of drug-likeness (QED) is 0.879. The lowest BCUT2D eigenvalue weighted by Crippen LogP contribution is -2.43. The molecular weight excluding hydrogens is 268 g/mol. The monoisotopic (exact) mass is 286 g/mol. The fourth-order valence-corrected chi connectivity index (χ4v) is 2.47. The lowest BCUT2D eigenvalue weighted by Gasteiger charge is -2.32. The first-order valence-electron chi connectivity index (χ1n) is 7.01. The minimum Gasteiger partial charge on any atom is -0.322 e. The van der Waals surface area contributed by atoms with Crippen LogP contribution in [0.3, 0.4) is 0 Å². The molecular formula is C14H18N6O. The molecule has 0 spiro atoms. The summed E-state index contributed by atoms with van der Waals surface area (Å²) in [5, 5.41) is 10.3. The van der Waals surface area contributed by atoms with Crippen LogP contribution < -0.4 is 10.6 Å². The number of carbonyl (C=O) groups is 1. The van der Waals surface area contributed by atoms with Crippen molar-refractivity contribution in [2.75, 3.05) is 18.4 Å². The minimum atomic E-state index is -0.347. The van der Waals surface area contributed by atoms with Gasteiger partial charge in [-0.3, -0.25) is 4.79 Å². The van der Waals surface area contributed by atoms with Gasteiger partial charge in [0.15, 0.2) is 5.82 Å². The van der Waals surface area contributed by atoms with Gasteiger partial charge in [-0.15, -0.1) is 0 Å². The molecule has 2 N–H and O–H groups in total. The summed E-state index contributed by atoms with van der Waals surface area (Å²) in [4.78, 5) is 20.8. The van der Waals surface area contributed by atoms with Gasteiger partial charge in [0.05, 0.1) is 5.69 Å². The van der Waals surface area contributed by atoms with E-state index in [1.807, 2.05) is 13.0 Å². The molecule has 0 unspecified atom stereocenters. The molecule has 21 heavy (non-hydrogen) atoms. The molecule has 110 valence electrons. The van der Waals surface area contributed by atoms with Crippen LogP contribution in [-0.4, -0.2) is 38.7 Å². The van der Waals surface area contributed by atoms with Crippen LogP contribution in [0.1, 0.15) is 19.8 Å². The zero-order chi connectivity index (χ0) is 14.7. The molecule has 1 saturated heterocycles. The summed E-state index contributed by atoms with van der Waals surface area (Å²) in [6, 6.07) is 3.62. The molecule has 0 radical (unpaired) electrons. The Hall–Kier alpha value is -2.28. The second-order valence-corrected chi connectivity index (χ2v) is 5.48. The maximum Gasteiger partial charge on any atom is 0.230 e. The van der Waals surface area contributed by atoms with Crippen LogP contribution >= 0.6 is 0 Å². The predicted octanol–water partition coefficient (Wildman–Crippen LogP) is 0.990.